The van der Waals surface area contributed by atoms with E-state index in [9.17, 15) is 15.0 Å². The Bertz CT molecular complexity index is 876. The zero-order valence-corrected chi connectivity index (χ0v) is 13.0. The van der Waals surface area contributed by atoms with Crippen molar-refractivity contribution in [3.8, 4) is 0 Å². The van der Waals surface area contributed by atoms with Crippen LogP contribution in [0.4, 0.5) is 34.1 Å². The van der Waals surface area contributed by atoms with Crippen molar-refractivity contribution in [1.82, 2.24) is 0 Å². The minimum absolute atomic E-state index is 0.0564. The second-order valence-corrected chi connectivity index (χ2v) is 5.27. The Labute approximate surface area is 143 Å². The number of rotatable bonds is 6. The van der Waals surface area contributed by atoms with Crippen molar-refractivity contribution in [2.75, 3.05) is 10.6 Å². The van der Waals surface area contributed by atoms with Crippen LogP contribution in [-0.2, 0) is 0 Å². The van der Waals surface area contributed by atoms with Crippen molar-refractivity contribution < 1.29 is 4.92 Å². The Hall–Kier alpha value is -3.74. The summed E-state index contributed by atoms with van der Waals surface area (Å²) in [4.78, 5) is 20.6. The number of hydrogen-bond donors (Lipinski definition) is 2. The van der Waals surface area contributed by atoms with Gasteiger partial charge in [-0.15, -0.1) is 4.91 Å². The molecule has 0 aliphatic rings. The van der Waals surface area contributed by atoms with Crippen LogP contribution in [0.2, 0.25) is 0 Å². The molecule has 0 aromatic heterocycles. The van der Waals surface area contributed by atoms with Gasteiger partial charge in [-0.05, 0) is 65.8 Å². The van der Waals surface area contributed by atoms with Gasteiger partial charge >= 0.3 is 0 Å². The third-order valence-electron chi connectivity index (χ3n) is 3.51. The van der Waals surface area contributed by atoms with Gasteiger partial charge in [-0.25, -0.2) is 0 Å². The van der Waals surface area contributed by atoms with E-state index in [1.165, 1.54) is 12.1 Å². The fourth-order valence-corrected chi connectivity index (χ4v) is 2.24. The zero-order valence-electron chi connectivity index (χ0n) is 13.0. The van der Waals surface area contributed by atoms with Crippen LogP contribution in [0.5, 0.6) is 0 Å². The number of non-ortho nitro benzene ring substituents is 1. The number of nitro benzene ring substituents is 1. The van der Waals surface area contributed by atoms with Crippen LogP contribution >= 0.6 is 0 Å². The van der Waals surface area contributed by atoms with Gasteiger partial charge in [-0.3, -0.25) is 10.1 Å². The van der Waals surface area contributed by atoms with Gasteiger partial charge < -0.3 is 10.6 Å². The summed E-state index contributed by atoms with van der Waals surface area (Å²) < 4.78 is 0. The van der Waals surface area contributed by atoms with Gasteiger partial charge in [0.15, 0.2) is 0 Å². The zero-order chi connectivity index (χ0) is 17.6. The molecule has 0 spiro atoms. The van der Waals surface area contributed by atoms with Crippen molar-refractivity contribution >= 4 is 34.1 Å². The first-order valence-electron chi connectivity index (χ1n) is 7.46. The number of nitrogens with zero attached hydrogens (tertiary/aromatic N) is 2. The average molecular weight is 334 g/mol. The first-order chi connectivity index (χ1) is 12.1. The number of nitro groups is 1. The molecule has 2 N–H and O–H groups in total. The summed E-state index contributed by atoms with van der Waals surface area (Å²) in [5, 5.41) is 19.9. The lowest BCUT2D eigenvalue weighted by atomic mass is 10.2. The number of benzene rings is 3. The van der Waals surface area contributed by atoms with E-state index in [2.05, 4.69) is 15.8 Å². The van der Waals surface area contributed by atoms with Crippen molar-refractivity contribution in [1.29, 1.82) is 0 Å². The predicted octanol–water partition coefficient (Wildman–Crippen LogP) is 5.48. The average Bonchev–Trinajstić information content (AvgIpc) is 2.64. The van der Waals surface area contributed by atoms with Gasteiger partial charge in [0.25, 0.3) is 5.69 Å². The summed E-state index contributed by atoms with van der Waals surface area (Å²) in [5.74, 6) is 0. The van der Waals surface area contributed by atoms with Gasteiger partial charge in [-0.2, -0.15) is 0 Å². The number of anilines is 4. The van der Waals surface area contributed by atoms with E-state index in [1.54, 1.807) is 36.4 Å². The normalized spacial score (nSPS) is 10.1. The highest BCUT2D eigenvalue weighted by molar-refractivity contribution is 5.67. The van der Waals surface area contributed by atoms with Crippen LogP contribution in [-0.4, -0.2) is 4.92 Å². The van der Waals surface area contributed by atoms with Crippen LogP contribution in [0.1, 0.15) is 0 Å². The minimum atomic E-state index is -0.429. The molecule has 0 aliphatic carbocycles. The number of nitrogens with one attached hydrogen (secondary N) is 2. The second kappa shape index (κ2) is 7.22. The molecular weight excluding hydrogens is 320 g/mol. The van der Waals surface area contributed by atoms with Crippen LogP contribution < -0.4 is 10.6 Å². The molecule has 3 aromatic carbocycles. The summed E-state index contributed by atoms with van der Waals surface area (Å²) in [6.07, 6.45) is 0. The topological polar surface area (TPSA) is 96.6 Å². The standard InChI is InChI=1S/C18H14N4O3/c23-21-17-7-5-15(6-8-17)19-13-1-3-14(4-2-13)20-16-9-11-18(12-10-16)22(24)25/h1-12,19-20H. The SMILES string of the molecule is O=Nc1ccc(Nc2ccc(Nc3ccc([N+](=O)[O-])cc3)cc2)cc1. The molecule has 0 saturated carbocycles. The Kier molecular flexibility index (Phi) is 4.66. The lowest BCUT2D eigenvalue weighted by Crippen LogP contribution is -1.93. The summed E-state index contributed by atoms with van der Waals surface area (Å²) in [6, 6.07) is 20.7. The van der Waals surface area contributed by atoms with Crippen LogP contribution in [0.3, 0.4) is 0 Å². The summed E-state index contributed by atoms with van der Waals surface area (Å²) in [5.41, 5.74) is 3.81. The van der Waals surface area contributed by atoms with Crippen molar-refractivity contribution in [3.63, 3.8) is 0 Å². The maximum Gasteiger partial charge on any atom is 0.269 e. The largest absolute Gasteiger partial charge is 0.356 e. The second-order valence-electron chi connectivity index (χ2n) is 5.27. The molecule has 0 amide bonds. The molecule has 124 valence electrons. The molecule has 0 fully saturated rings. The molecule has 7 nitrogen and oxygen atoms in total. The maximum absolute atomic E-state index is 10.7. The third kappa shape index (κ3) is 4.17. The highest BCUT2D eigenvalue weighted by Gasteiger charge is 2.04. The molecule has 25 heavy (non-hydrogen) atoms. The number of nitroso groups, excluding NO2 is 1. The smallest absolute Gasteiger partial charge is 0.269 e. The monoisotopic (exact) mass is 334 g/mol. The van der Waals surface area contributed by atoms with E-state index in [-0.39, 0.29) is 5.69 Å². The molecule has 0 bridgehead atoms. The quantitative estimate of drug-likeness (QED) is 0.353. The van der Waals surface area contributed by atoms with Crippen molar-refractivity contribution in [3.05, 3.63) is 87.8 Å². The van der Waals surface area contributed by atoms with E-state index >= 15 is 0 Å². The minimum Gasteiger partial charge on any atom is -0.356 e. The highest BCUT2D eigenvalue weighted by atomic mass is 16.6. The Balaban J connectivity index is 1.65. The molecule has 3 aromatic rings. The van der Waals surface area contributed by atoms with Gasteiger partial charge in [0.2, 0.25) is 0 Å². The molecule has 0 unspecified atom stereocenters. The van der Waals surface area contributed by atoms with Gasteiger partial charge in [0.1, 0.15) is 5.69 Å². The van der Waals surface area contributed by atoms with Crippen molar-refractivity contribution in [2.24, 2.45) is 5.18 Å². The molecule has 0 atom stereocenters. The van der Waals surface area contributed by atoms with E-state index in [4.69, 9.17) is 0 Å². The summed E-state index contributed by atoms with van der Waals surface area (Å²) >= 11 is 0. The van der Waals surface area contributed by atoms with E-state index in [0.29, 0.717) is 5.69 Å². The summed E-state index contributed by atoms with van der Waals surface area (Å²) in [7, 11) is 0. The number of hydrogen-bond acceptors (Lipinski definition) is 6. The molecular formula is C18H14N4O3. The lowest BCUT2D eigenvalue weighted by molar-refractivity contribution is -0.384. The lowest BCUT2D eigenvalue weighted by Gasteiger charge is -2.09. The molecule has 3 rings (SSSR count). The fourth-order valence-electron chi connectivity index (χ4n) is 2.24. The van der Waals surface area contributed by atoms with E-state index < -0.39 is 4.92 Å². The van der Waals surface area contributed by atoms with Crippen LogP contribution in [0, 0.1) is 15.0 Å². The Morgan fingerprint density at radius 3 is 1.40 bits per heavy atom. The van der Waals surface area contributed by atoms with E-state index in [0.717, 1.165) is 22.7 Å². The first kappa shape index (κ1) is 16.1. The predicted molar refractivity (Wildman–Crippen MR) is 98.0 cm³/mol. The molecule has 0 saturated heterocycles. The maximum atomic E-state index is 10.7. The molecule has 0 radical (unpaired) electrons. The molecule has 0 aliphatic heterocycles. The van der Waals surface area contributed by atoms with Gasteiger partial charge in [0, 0.05) is 34.9 Å². The Morgan fingerprint density at radius 2 is 1.04 bits per heavy atom. The fraction of sp³-hybridized carbons (Fsp3) is 0. The first-order valence-corrected chi connectivity index (χ1v) is 7.46. The van der Waals surface area contributed by atoms with Crippen LogP contribution in [0.15, 0.2) is 78.0 Å². The molecule has 7 heteroatoms. The van der Waals surface area contributed by atoms with Crippen LogP contribution in [0.25, 0.3) is 0 Å². The third-order valence-corrected chi connectivity index (χ3v) is 3.51. The molecule has 0 heterocycles. The Morgan fingerprint density at radius 1 is 0.680 bits per heavy atom. The van der Waals surface area contributed by atoms with Gasteiger partial charge in [-0.1, -0.05) is 0 Å². The van der Waals surface area contributed by atoms with E-state index in [1.807, 2.05) is 24.3 Å². The van der Waals surface area contributed by atoms with Gasteiger partial charge in [0.05, 0.1) is 4.92 Å². The highest BCUT2D eigenvalue weighted by Crippen LogP contribution is 2.24. The summed E-state index contributed by atoms with van der Waals surface area (Å²) in [6.45, 7) is 0. The van der Waals surface area contributed by atoms with Crippen molar-refractivity contribution in [2.45, 2.75) is 0 Å².